The van der Waals surface area contributed by atoms with Crippen LogP contribution >= 0.6 is 11.3 Å². The number of hydrogen-bond acceptors (Lipinski definition) is 7. The number of rotatable bonds is 6. The predicted octanol–water partition coefficient (Wildman–Crippen LogP) is 4.60. The van der Waals surface area contributed by atoms with Gasteiger partial charge in [-0.1, -0.05) is 12.1 Å². The first kappa shape index (κ1) is 20.3. The Balaban J connectivity index is 1.90. The fraction of sp³-hybridized carbons (Fsp3) is 0.200. The molecule has 9 heteroatoms. The van der Waals surface area contributed by atoms with Crippen molar-refractivity contribution in [3.05, 3.63) is 62.5 Å². The van der Waals surface area contributed by atoms with Crippen molar-refractivity contribution in [3.8, 4) is 22.8 Å². The topological polar surface area (TPSA) is 104 Å². The fourth-order valence-corrected chi connectivity index (χ4v) is 3.44. The minimum Gasteiger partial charge on any atom is -0.493 e. The smallest absolute Gasteiger partial charge is 0.286 e. The van der Waals surface area contributed by atoms with Gasteiger partial charge in [0.05, 0.1) is 30.9 Å². The number of nitro benzene ring substituents is 1. The molecule has 1 N–H and O–H groups in total. The number of hydrogen-bond donors (Lipinski definition) is 1. The monoisotopic (exact) mass is 413 g/mol. The summed E-state index contributed by atoms with van der Waals surface area (Å²) in [6, 6.07) is 8.44. The zero-order valence-electron chi connectivity index (χ0n) is 16.3. The number of carbonyl (C=O) groups excluding carboxylic acids is 1. The van der Waals surface area contributed by atoms with E-state index in [9.17, 15) is 14.9 Å². The van der Waals surface area contributed by atoms with Crippen molar-refractivity contribution in [2.75, 3.05) is 19.5 Å². The highest BCUT2D eigenvalue weighted by Gasteiger charge is 2.25. The average molecular weight is 413 g/mol. The maximum atomic E-state index is 12.7. The number of nitrogens with one attached hydrogen (secondary N) is 1. The molecule has 0 saturated heterocycles. The zero-order valence-corrected chi connectivity index (χ0v) is 17.1. The van der Waals surface area contributed by atoms with E-state index in [-0.39, 0.29) is 22.7 Å². The summed E-state index contributed by atoms with van der Waals surface area (Å²) in [6.45, 7) is 4.05. The van der Waals surface area contributed by atoms with Gasteiger partial charge in [-0.15, -0.1) is 11.3 Å². The van der Waals surface area contributed by atoms with Crippen molar-refractivity contribution in [2.45, 2.75) is 13.8 Å². The van der Waals surface area contributed by atoms with Crippen LogP contribution in [0, 0.1) is 24.0 Å². The summed E-state index contributed by atoms with van der Waals surface area (Å²) >= 11 is 1.24. The summed E-state index contributed by atoms with van der Waals surface area (Å²) in [7, 11) is 2.76. The van der Waals surface area contributed by atoms with E-state index in [2.05, 4.69) is 10.3 Å². The second-order valence-corrected chi connectivity index (χ2v) is 7.13. The summed E-state index contributed by atoms with van der Waals surface area (Å²) in [5.41, 5.74) is 3.44. The predicted molar refractivity (Wildman–Crippen MR) is 111 cm³/mol. The number of amides is 1. The first-order valence-corrected chi connectivity index (χ1v) is 9.47. The summed E-state index contributed by atoms with van der Waals surface area (Å²) < 4.78 is 10.2. The van der Waals surface area contributed by atoms with Crippen molar-refractivity contribution in [1.29, 1.82) is 0 Å². The Morgan fingerprint density at radius 3 is 2.41 bits per heavy atom. The quantitative estimate of drug-likeness (QED) is 0.468. The number of aryl methyl sites for hydroxylation is 2. The van der Waals surface area contributed by atoms with Gasteiger partial charge in [0.25, 0.3) is 11.6 Å². The van der Waals surface area contributed by atoms with Gasteiger partial charge in [0.1, 0.15) is 5.56 Å². The maximum absolute atomic E-state index is 12.7. The number of nitrogens with zero attached hydrogens (tertiary/aromatic N) is 2. The van der Waals surface area contributed by atoms with Crippen LogP contribution in [0.4, 0.5) is 10.8 Å². The molecule has 29 heavy (non-hydrogen) atoms. The van der Waals surface area contributed by atoms with E-state index in [1.165, 1.54) is 37.2 Å². The van der Waals surface area contributed by atoms with Gasteiger partial charge in [0.15, 0.2) is 16.6 Å². The van der Waals surface area contributed by atoms with Crippen LogP contribution in [0.2, 0.25) is 0 Å². The third-order valence-corrected chi connectivity index (χ3v) is 5.23. The summed E-state index contributed by atoms with van der Waals surface area (Å²) in [5.74, 6) is -0.265. The van der Waals surface area contributed by atoms with Gasteiger partial charge in [0.2, 0.25) is 0 Å². The van der Waals surface area contributed by atoms with Crippen LogP contribution in [0.5, 0.6) is 11.5 Å². The maximum Gasteiger partial charge on any atom is 0.286 e. The lowest BCUT2D eigenvalue weighted by molar-refractivity contribution is -0.385. The Morgan fingerprint density at radius 1 is 1.10 bits per heavy atom. The lowest BCUT2D eigenvalue weighted by Gasteiger charge is -2.10. The van der Waals surface area contributed by atoms with Gasteiger partial charge in [-0.25, -0.2) is 4.98 Å². The Labute approximate surface area is 171 Å². The Hall–Kier alpha value is -3.46. The fourth-order valence-electron chi connectivity index (χ4n) is 2.73. The largest absolute Gasteiger partial charge is 0.493 e. The number of methoxy groups -OCH3 is 2. The van der Waals surface area contributed by atoms with E-state index in [0.717, 1.165) is 22.9 Å². The molecule has 0 atom stereocenters. The number of benzene rings is 2. The first-order chi connectivity index (χ1) is 13.8. The van der Waals surface area contributed by atoms with Crippen molar-refractivity contribution < 1.29 is 19.2 Å². The normalized spacial score (nSPS) is 10.5. The van der Waals surface area contributed by atoms with E-state index in [1.807, 2.05) is 37.4 Å². The highest BCUT2D eigenvalue weighted by atomic mass is 32.1. The number of nitro groups is 1. The molecule has 3 rings (SSSR count). The molecule has 0 radical (unpaired) electrons. The van der Waals surface area contributed by atoms with Crippen LogP contribution in [-0.4, -0.2) is 30.0 Å². The molecule has 1 heterocycles. The standard InChI is InChI=1S/C20H19N3O5S/c1-11-5-6-13(7-12(11)2)15-10-29-20(21-15)22-19(24)14-8-17(27-3)18(28-4)9-16(14)23(25)26/h5-10H,1-4H3,(H,21,22,24). The second kappa shape index (κ2) is 8.27. The van der Waals surface area contributed by atoms with Gasteiger partial charge < -0.3 is 9.47 Å². The molecule has 0 unspecified atom stereocenters. The van der Waals surface area contributed by atoms with Gasteiger partial charge in [-0.3, -0.25) is 20.2 Å². The molecule has 0 saturated carbocycles. The first-order valence-electron chi connectivity index (χ1n) is 8.59. The van der Waals surface area contributed by atoms with Crippen LogP contribution in [0.3, 0.4) is 0 Å². The molecule has 0 bridgehead atoms. The Morgan fingerprint density at radius 2 is 1.79 bits per heavy atom. The third-order valence-electron chi connectivity index (χ3n) is 4.47. The summed E-state index contributed by atoms with van der Waals surface area (Å²) in [4.78, 5) is 27.9. The molecule has 150 valence electrons. The molecule has 3 aromatic rings. The highest BCUT2D eigenvalue weighted by molar-refractivity contribution is 7.14. The van der Waals surface area contributed by atoms with Crippen LogP contribution in [0.1, 0.15) is 21.5 Å². The van der Waals surface area contributed by atoms with Gasteiger partial charge in [-0.2, -0.15) is 0 Å². The molecular weight excluding hydrogens is 394 g/mol. The molecule has 0 aliphatic rings. The van der Waals surface area contributed by atoms with Gasteiger partial charge in [0, 0.05) is 17.0 Å². The minimum absolute atomic E-state index is 0.143. The van der Waals surface area contributed by atoms with E-state index in [1.54, 1.807) is 0 Å². The molecule has 0 fully saturated rings. The highest BCUT2D eigenvalue weighted by Crippen LogP contribution is 2.35. The Bertz CT molecular complexity index is 1090. The van der Waals surface area contributed by atoms with Crippen LogP contribution in [-0.2, 0) is 0 Å². The Kier molecular flexibility index (Phi) is 5.79. The van der Waals surface area contributed by atoms with Crippen molar-refractivity contribution in [1.82, 2.24) is 4.98 Å². The van der Waals surface area contributed by atoms with Crippen molar-refractivity contribution >= 4 is 28.1 Å². The van der Waals surface area contributed by atoms with Crippen LogP contribution in [0.15, 0.2) is 35.7 Å². The third kappa shape index (κ3) is 4.19. The number of aromatic nitrogens is 1. The molecule has 0 aliphatic heterocycles. The SMILES string of the molecule is COc1cc(C(=O)Nc2nc(-c3ccc(C)c(C)c3)cs2)c([N+](=O)[O-])cc1OC. The molecule has 2 aromatic carbocycles. The zero-order chi connectivity index (χ0) is 21.1. The number of thiazole rings is 1. The average Bonchev–Trinajstić information content (AvgIpc) is 3.17. The van der Waals surface area contributed by atoms with Gasteiger partial charge in [-0.05, 0) is 31.0 Å². The van der Waals surface area contributed by atoms with Gasteiger partial charge >= 0.3 is 0 Å². The molecule has 0 spiro atoms. The van der Waals surface area contributed by atoms with E-state index >= 15 is 0 Å². The molecule has 8 nitrogen and oxygen atoms in total. The lowest BCUT2D eigenvalue weighted by Crippen LogP contribution is -2.14. The molecule has 0 aliphatic carbocycles. The molecular formula is C20H19N3O5S. The number of anilines is 1. The minimum atomic E-state index is -0.654. The number of carbonyl (C=O) groups is 1. The van der Waals surface area contributed by atoms with E-state index in [0.29, 0.717) is 5.13 Å². The lowest BCUT2D eigenvalue weighted by atomic mass is 10.1. The van der Waals surface area contributed by atoms with Crippen LogP contribution < -0.4 is 14.8 Å². The summed E-state index contributed by atoms with van der Waals surface area (Å²) in [6.07, 6.45) is 0. The van der Waals surface area contributed by atoms with Crippen molar-refractivity contribution in [3.63, 3.8) is 0 Å². The molecule has 1 amide bonds. The molecule has 1 aromatic heterocycles. The van der Waals surface area contributed by atoms with E-state index in [4.69, 9.17) is 9.47 Å². The van der Waals surface area contributed by atoms with Crippen molar-refractivity contribution in [2.24, 2.45) is 0 Å². The summed E-state index contributed by atoms with van der Waals surface area (Å²) in [5, 5.41) is 16.2. The van der Waals surface area contributed by atoms with E-state index < -0.39 is 10.8 Å². The number of ether oxygens (including phenoxy) is 2. The second-order valence-electron chi connectivity index (χ2n) is 6.27. The van der Waals surface area contributed by atoms with Crippen LogP contribution in [0.25, 0.3) is 11.3 Å².